The van der Waals surface area contributed by atoms with Gasteiger partial charge in [-0.25, -0.2) is 4.98 Å². The van der Waals surface area contributed by atoms with Gasteiger partial charge in [-0.05, 0) is 24.1 Å². The van der Waals surface area contributed by atoms with Crippen LogP contribution in [0, 0.1) is 0 Å². The summed E-state index contributed by atoms with van der Waals surface area (Å²) in [5, 5.41) is 3.03. The Labute approximate surface area is 165 Å². The molecule has 146 valence electrons. The molecule has 1 saturated heterocycles. The minimum absolute atomic E-state index is 0.00761. The van der Waals surface area contributed by atoms with Crippen LogP contribution < -0.4 is 5.32 Å². The fraction of sp³-hybridized carbons (Fsp3) is 0.364. The Balaban J connectivity index is 1.45. The smallest absolute Gasteiger partial charge is 0.227 e. The Morgan fingerprint density at radius 1 is 1.00 bits per heavy atom. The molecule has 1 fully saturated rings. The van der Waals surface area contributed by atoms with Crippen molar-refractivity contribution in [3.05, 3.63) is 60.2 Å². The molecule has 1 N–H and O–H groups in total. The van der Waals surface area contributed by atoms with Gasteiger partial charge in [0.25, 0.3) is 0 Å². The highest BCUT2D eigenvalue weighted by molar-refractivity contribution is 5.91. The van der Waals surface area contributed by atoms with Gasteiger partial charge >= 0.3 is 0 Å². The highest BCUT2D eigenvalue weighted by atomic mass is 16.5. The summed E-state index contributed by atoms with van der Waals surface area (Å²) in [5.74, 6) is 0.624. The average molecular weight is 378 g/mol. The Morgan fingerprint density at radius 2 is 1.75 bits per heavy atom. The highest BCUT2D eigenvalue weighted by Crippen LogP contribution is 2.20. The SMILES string of the molecule is O=C(CCc1ccccc1)Nc1nc2ccccc2n1CCN1CCOCC1. The van der Waals surface area contributed by atoms with Crippen LogP contribution in [0.25, 0.3) is 11.0 Å². The third kappa shape index (κ3) is 4.58. The lowest BCUT2D eigenvalue weighted by Gasteiger charge is -2.26. The largest absolute Gasteiger partial charge is 0.379 e. The van der Waals surface area contributed by atoms with Gasteiger partial charge in [-0.3, -0.25) is 15.0 Å². The number of hydrogen-bond acceptors (Lipinski definition) is 4. The number of nitrogens with zero attached hydrogens (tertiary/aromatic N) is 3. The summed E-state index contributed by atoms with van der Waals surface area (Å²) in [7, 11) is 0. The normalized spacial score (nSPS) is 15.0. The maximum atomic E-state index is 12.5. The van der Waals surface area contributed by atoms with Gasteiger partial charge < -0.3 is 9.30 Å². The number of morpholine rings is 1. The monoisotopic (exact) mass is 378 g/mol. The molecule has 0 aliphatic carbocycles. The Hall–Kier alpha value is -2.70. The number of aromatic nitrogens is 2. The number of rotatable bonds is 7. The topological polar surface area (TPSA) is 59.4 Å². The molecule has 1 aliphatic heterocycles. The lowest BCUT2D eigenvalue weighted by molar-refractivity contribution is -0.116. The first-order valence-electron chi connectivity index (χ1n) is 9.89. The van der Waals surface area contributed by atoms with E-state index in [4.69, 9.17) is 4.74 Å². The molecular weight excluding hydrogens is 352 g/mol. The van der Waals surface area contributed by atoms with Crippen molar-refractivity contribution in [3.63, 3.8) is 0 Å². The first kappa shape index (κ1) is 18.7. The van der Waals surface area contributed by atoms with E-state index in [1.165, 1.54) is 5.56 Å². The van der Waals surface area contributed by atoms with E-state index < -0.39 is 0 Å². The van der Waals surface area contributed by atoms with Gasteiger partial charge in [0.15, 0.2) is 0 Å². The maximum Gasteiger partial charge on any atom is 0.227 e. The third-order valence-corrected chi connectivity index (χ3v) is 5.13. The summed E-state index contributed by atoms with van der Waals surface area (Å²) < 4.78 is 7.55. The van der Waals surface area contributed by atoms with Crippen molar-refractivity contribution >= 4 is 22.9 Å². The molecule has 3 aromatic rings. The molecule has 6 heteroatoms. The summed E-state index contributed by atoms with van der Waals surface area (Å²) in [6.45, 7) is 5.17. The predicted molar refractivity (Wildman–Crippen MR) is 110 cm³/mol. The van der Waals surface area contributed by atoms with Gasteiger partial charge in [-0.15, -0.1) is 0 Å². The number of aryl methyl sites for hydroxylation is 1. The van der Waals surface area contributed by atoms with Gasteiger partial charge in [0.1, 0.15) is 0 Å². The van der Waals surface area contributed by atoms with Crippen molar-refractivity contribution in [3.8, 4) is 0 Å². The van der Waals surface area contributed by atoms with E-state index in [2.05, 4.69) is 25.8 Å². The Bertz CT molecular complexity index is 917. The fourth-order valence-electron chi connectivity index (χ4n) is 3.55. The number of imidazole rings is 1. The quantitative estimate of drug-likeness (QED) is 0.687. The van der Waals surface area contributed by atoms with Crippen molar-refractivity contribution in [1.29, 1.82) is 0 Å². The summed E-state index contributed by atoms with van der Waals surface area (Å²) in [6.07, 6.45) is 1.16. The van der Waals surface area contributed by atoms with Crippen molar-refractivity contribution < 1.29 is 9.53 Å². The van der Waals surface area contributed by atoms with Gasteiger partial charge in [0, 0.05) is 32.6 Å². The number of para-hydroxylation sites is 2. The van der Waals surface area contributed by atoms with Gasteiger partial charge in [0.05, 0.1) is 24.2 Å². The number of benzene rings is 2. The van der Waals surface area contributed by atoms with Crippen molar-refractivity contribution in [2.45, 2.75) is 19.4 Å². The second kappa shape index (κ2) is 8.99. The number of hydrogen-bond donors (Lipinski definition) is 1. The molecule has 0 bridgehead atoms. The van der Waals surface area contributed by atoms with E-state index in [1.54, 1.807) is 0 Å². The van der Waals surface area contributed by atoms with Crippen LogP contribution in [-0.4, -0.2) is 53.2 Å². The van der Waals surface area contributed by atoms with E-state index >= 15 is 0 Å². The molecule has 0 spiro atoms. The van der Waals surface area contributed by atoms with Crippen molar-refractivity contribution in [2.75, 3.05) is 38.2 Å². The van der Waals surface area contributed by atoms with Crippen LogP contribution >= 0.6 is 0 Å². The minimum Gasteiger partial charge on any atom is -0.379 e. The molecule has 28 heavy (non-hydrogen) atoms. The second-order valence-corrected chi connectivity index (χ2v) is 7.06. The van der Waals surface area contributed by atoms with Gasteiger partial charge in [-0.1, -0.05) is 42.5 Å². The molecule has 2 aromatic carbocycles. The molecule has 4 rings (SSSR count). The molecule has 0 atom stereocenters. The van der Waals surface area contributed by atoms with Crippen molar-refractivity contribution in [2.24, 2.45) is 0 Å². The van der Waals surface area contributed by atoms with E-state index in [0.29, 0.717) is 12.4 Å². The van der Waals surface area contributed by atoms with Crippen LogP contribution in [-0.2, 0) is 22.5 Å². The molecule has 1 aliphatic rings. The Kier molecular flexibility index (Phi) is 5.99. The third-order valence-electron chi connectivity index (χ3n) is 5.13. The lowest BCUT2D eigenvalue weighted by atomic mass is 10.1. The van der Waals surface area contributed by atoms with Crippen LogP contribution in [0.5, 0.6) is 0 Å². The van der Waals surface area contributed by atoms with E-state index in [9.17, 15) is 4.79 Å². The zero-order chi connectivity index (χ0) is 19.2. The number of amides is 1. The predicted octanol–water partition coefficient (Wildman–Crippen LogP) is 2.94. The molecule has 2 heterocycles. The van der Waals surface area contributed by atoms with Crippen molar-refractivity contribution in [1.82, 2.24) is 14.5 Å². The zero-order valence-corrected chi connectivity index (χ0v) is 16.0. The number of carbonyl (C=O) groups excluding carboxylic acids is 1. The Morgan fingerprint density at radius 3 is 2.57 bits per heavy atom. The molecule has 0 unspecified atom stereocenters. The molecule has 6 nitrogen and oxygen atoms in total. The van der Waals surface area contributed by atoms with Crippen LogP contribution in [0.3, 0.4) is 0 Å². The van der Waals surface area contributed by atoms with Gasteiger partial charge in [0.2, 0.25) is 11.9 Å². The second-order valence-electron chi connectivity index (χ2n) is 7.06. The maximum absolute atomic E-state index is 12.5. The highest BCUT2D eigenvalue weighted by Gasteiger charge is 2.15. The number of nitrogens with one attached hydrogen (secondary N) is 1. The first-order valence-corrected chi connectivity index (χ1v) is 9.89. The van der Waals surface area contributed by atoms with Crippen LogP contribution in [0.4, 0.5) is 5.95 Å². The summed E-state index contributed by atoms with van der Waals surface area (Å²) >= 11 is 0. The number of ether oxygens (including phenoxy) is 1. The number of anilines is 1. The molecular formula is C22H26N4O2. The van der Waals surface area contributed by atoms with E-state index in [0.717, 1.165) is 56.8 Å². The number of fused-ring (bicyclic) bond motifs is 1. The molecule has 0 radical (unpaired) electrons. The average Bonchev–Trinajstić information content (AvgIpc) is 3.09. The standard InChI is InChI=1S/C22H26N4O2/c27-21(11-10-18-6-2-1-3-7-18)24-22-23-19-8-4-5-9-20(19)26(22)13-12-25-14-16-28-17-15-25/h1-9H,10-17H2,(H,23,24,27). The summed E-state index contributed by atoms with van der Waals surface area (Å²) in [5.41, 5.74) is 3.12. The molecule has 0 saturated carbocycles. The summed E-state index contributed by atoms with van der Waals surface area (Å²) in [4.78, 5) is 19.6. The van der Waals surface area contributed by atoms with Crippen LogP contribution in [0.15, 0.2) is 54.6 Å². The fourth-order valence-corrected chi connectivity index (χ4v) is 3.55. The number of carbonyl (C=O) groups is 1. The molecule has 1 amide bonds. The lowest BCUT2D eigenvalue weighted by Crippen LogP contribution is -2.38. The van der Waals surface area contributed by atoms with Gasteiger partial charge in [-0.2, -0.15) is 0 Å². The zero-order valence-electron chi connectivity index (χ0n) is 16.0. The van der Waals surface area contributed by atoms with E-state index in [1.807, 2.05) is 48.5 Å². The summed E-state index contributed by atoms with van der Waals surface area (Å²) in [6, 6.07) is 18.1. The van der Waals surface area contributed by atoms with E-state index in [-0.39, 0.29) is 5.91 Å². The van der Waals surface area contributed by atoms with Crippen LogP contribution in [0.2, 0.25) is 0 Å². The van der Waals surface area contributed by atoms with Crippen LogP contribution in [0.1, 0.15) is 12.0 Å². The molecule has 1 aromatic heterocycles. The minimum atomic E-state index is -0.00761. The first-order chi connectivity index (χ1) is 13.8.